The normalized spacial score (nSPS) is 18.3. The van der Waals surface area contributed by atoms with Gasteiger partial charge in [-0.3, -0.25) is 0 Å². The van der Waals surface area contributed by atoms with E-state index in [0.717, 1.165) is 12.8 Å². The van der Waals surface area contributed by atoms with E-state index < -0.39 is 0 Å². The van der Waals surface area contributed by atoms with Crippen LogP contribution in [0.15, 0.2) is 18.2 Å². The Hall–Kier alpha value is -1.09. The van der Waals surface area contributed by atoms with Crippen molar-refractivity contribution in [3.8, 4) is 5.75 Å². The predicted octanol–water partition coefficient (Wildman–Crippen LogP) is 2.60. The summed E-state index contributed by atoms with van der Waals surface area (Å²) in [5, 5.41) is 0. The maximum absolute atomic E-state index is 14.0. The van der Waals surface area contributed by atoms with E-state index in [2.05, 4.69) is 0 Å². The van der Waals surface area contributed by atoms with E-state index in [1.165, 1.54) is 13.2 Å². The van der Waals surface area contributed by atoms with E-state index in [1.54, 1.807) is 12.1 Å². The second kappa shape index (κ2) is 3.45. The molecule has 0 amide bonds. The first-order valence-corrected chi connectivity index (χ1v) is 5.54. The topological polar surface area (TPSA) is 35.2 Å². The average molecular weight is 223 g/mol. The molecule has 1 saturated carbocycles. The summed E-state index contributed by atoms with van der Waals surface area (Å²) >= 11 is 0. The maximum Gasteiger partial charge on any atom is 0.130 e. The Morgan fingerprint density at radius 3 is 2.44 bits per heavy atom. The Kier molecular flexibility index (Phi) is 2.46. The zero-order chi connectivity index (χ0) is 12.0. The SMILES string of the molecule is COc1ccc(C(C)(C)C2(N)CC2)c(F)c1. The molecule has 0 heterocycles. The van der Waals surface area contributed by atoms with Gasteiger partial charge >= 0.3 is 0 Å². The van der Waals surface area contributed by atoms with Gasteiger partial charge in [0.2, 0.25) is 0 Å². The van der Waals surface area contributed by atoms with Crippen LogP contribution in [0.5, 0.6) is 5.75 Å². The smallest absolute Gasteiger partial charge is 0.130 e. The highest BCUT2D eigenvalue weighted by Gasteiger charge is 2.52. The average Bonchev–Trinajstić information content (AvgIpc) is 2.97. The third kappa shape index (κ3) is 1.59. The first kappa shape index (κ1) is 11.4. The Morgan fingerprint density at radius 1 is 1.38 bits per heavy atom. The first-order valence-electron chi connectivity index (χ1n) is 5.54. The van der Waals surface area contributed by atoms with Crippen molar-refractivity contribution in [3.63, 3.8) is 0 Å². The molecule has 1 aromatic carbocycles. The van der Waals surface area contributed by atoms with Crippen molar-refractivity contribution in [2.45, 2.75) is 37.6 Å². The van der Waals surface area contributed by atoms with Gasteiger partial charge in [0.15, 0.2) is 0 Å². The summed E-state index contributed by atoms with van der Waals surface area (Å²) in [6.07, 6.45) is 1.93. The standard InChI is InChI=1S/C13H18FNO/c1-12(2,13(15)6-7-13)10-5-4-9(16-3)8-11(10)14/h4-5,8H,6-7,15H2,1-3H3. The molecule has 1 aliphatic carbocycles. The number of halogens is 1. The summed E-state index contributed by atoms with van der Waals surface area (Å²) in [5.41, 5.74) is 6.29. The quantitative estimate of drug-likeness (QED) is 0.854. The molecule has 16 heavy (non-hydrogen) atoms. The van der Waals surface area contributed by atoms with Gasteiger partial charge in [-0.25, -0.2) is 4.39 Å². The van der Waals surface area contributed by atoms with Gasteiger partial charge in [0.1, 0.15) is 11.6 Å². The summed E-state index contributed by atoms with van der Waals surface area (Å²) in [5.74, 6) is 0.306. The van der Waals surface area contributed by atoms with Crippen molar-refractivity contribution in [3.05, 3.63) is 29.6 Å². The molecule has 1 aliphatic rings. The molecule has 0 aliphatic heterocycles. The Labute approximate surface area is 95.6 Å². The fraction of sp³-hybridized carbons (Fsp3) is 0.538. The first-order chi connectivity index (χ1) is 7.40. The highest BCUT2D eigenvalue weighted by atomic mass is 19.1. The van der Waals surface area contributed by atoms with Crippen molar-refractivity contribution in [1.29, 1.82) is 0 Å². The lowest BCUT2D eigenvalue weighted by Crippen LogP contribution is -2.43. The van der Waals surface area contributed by atoms with Crippen LogP contribution in [0.3, 0.4) is 0 Å². The molecule has 2 nitrogen and oxygen atoms in total. The molecule has 0 atom stereocenters. The molecule has 1 aromatic rings. The van der Waals surface area contributed by atoms with Crippen molar-refractivity contribution < 1.29 is 9.13 Å². The second-order valence-electron chi connectivity index (χ2n) is 5.13. The van der Waals surface area contributed by atoms with E-state index in [0.29, 0.717) is 11.3 Å². The number of benzene rings is 1. The number of ether oxygens (including phenoxy) is 1. The van der Waals surface area contributed by atoms with E-state index in [1.807, 2.05) is 13.8 Å². The Morgan fingerprint density at radius 2 is 2.00 bits per heavy atom. The molecule has 0 aromatic heterocycles. The van der Waals surface area contributed by atoms with E-state index in [-0.39, 0.29) is 16.8 Å². The molecular formula is C13H18FNO. The molecule has 88 valence electrons. The van der Waals surface area contributed by atoms with E-state index >= 15 is 0 Å². The molecule has 3 heteroatoms. The van der Waals surface area contributed by atoms with Gasteiger partial charge in [0, 0.05) is 17.0 Å². The third-order valence-electron chi connectivity index (χ3n) is 3.88. The highest BCUT2D eigenvalue weighted by molar-refractivity contribution is 5.37. The maximum atomic E-state index is 14.0. The van der Waals surface area contributed by atoms with Gasteiger partial charge in [0.05, 0.1) is 7.11 Å². The van der Waals surface area contributed by atoms with Gasteiger partial charge in [-0.2, -0.15) is 0 Å². The molecule has 0 radical (unpaired) electrons. The molecule has 1 fully saturated rings. The number of methoxy groups -OCH3 is 1. The summed E-state index contributed by atoms with van der Waals surface area (Å²) in [4.78, 5) is 0. The van der Waals surface area contributed by atoms with Crippen molar-refractivity contribution >= 4 is 0 Å². The molecule has 0 saturated heterocycles. The summed E-state index contributed by atoms with van der Waals surface area (Å²) < 4.78 is 18.9. The summed E-state index contributed by atoms with van der Waals surface area (Å²) in [6, 6.07) is 4.98. The summed E-state index contributed by atoms with van der Waals surface area (Å²) in [7, 11) is 1.53. The molecule has 2 N–H and O–H groups in total. The van der Waals surface area contributed by atoms with Crippen LogP contribution in [0.1, 0.15) is 32.3 Å². The molecule has 0 spiro atoms. The lowest BCUT2D eigenvalue weighted by Gasteiger charge is -2.32. The minimum atomic E-state index is -0.330. The number of rotatable bonds is 3. The lowest BCUT2D eigenvalue weighted by atomic mass is 9.76. The van der Waals surface area contributed by atoms with Crippen LogP contribution in [0, 0.1) is 5.82 Å². The second-order valence-corrected chi connectivity index (χ2v) is 5.13. The van der Waals surface area contributed by atoms with Crippen molar-refractivity contribution in [1.82, 2.24) is 0 Å². The predicted molar refractivity (Wildman–Crippen MR) is 62.1 cm³/mol. The van der Waals surface area contributed by atoms with Gasteiger partial charge < -0.3 is 10.5 Å². The van der Waals surface area contributed by atoms with Crippen molar-refractivity contribution in [2.75, 3.05) is 7.11 Å². The van der Waals surface area contributed by atoms with Gasteiger partial charge in [0.25, 0.3) is 0 Å². The molecular weight excluding hydrogens is 205 g/mol. The molecule has 2 rings (SSSR count). The monoisotopic (exact) mass is 223 g/mol. The van der Waals surface area contributed by atoms with Crippen LogP contribution in [0.2, 0.25) is 0 Å². The minimum absolute atomic E-state index is 0.235. The van der Waals surface area contributed by atoms with E-state index in [4.69, 9.17) is 10.5 Å². The van der Waals surface area contributed by atoms with Gasteiger partial charge in [-0.05, 0) is 24.5 Å². The van der Waals surface area contributed by atoms with Crippen LogP contribution in [0.4, 0.5) is 4.39 Å². The number of nitrogens with two attached hydrogens (primary N) is 1. The minimum Gasteiger partial charge on any atom is -0.497 e. The Balaban J connectivity index is 2.40. The zero-order valence-corrected chi connectivity index (χ0v) is 10.0. The molecule has 0 bridgehead atoms. The highest BCUT2D eigenvalue weighted by Crippen LogP contribution is 2.49. The third-order valence-corrected chi connectivity index (χ3v) is 3.88. The van der Waals surface area contributed by atoms with Crippen LogP contribution < -0.4 is 10.5 Å². The number of hydrogen-bond donors (Lipinski definition) is 1. The largest absolute Gasteiger partial charge is 0.497 e. The van der Waals surface area contributed by atoms with E-state index in [9.17, 15) is 4.39 Å². The number of hydrogen-bond acceptors (Lipinski definition) is 2. The summed E-state index contributed by atoms with van der Waals surface area (Å²) in [6.45, 7) is 4.01. The van der Waals surface area contributed by atoms with Crippen molar-refractivity contribution in [2.24, 2.45) is 5.73 Å². The fourth-order valence-electron chi connectivity index (χ4n) is 2.16. The van der Waals surface area contributed by atoms with Gasteiger partial charge in [-0.1, -0.05) is 19.9 Å². The van der Waals surface area contributed by atoms with Crippen LogP contribution >= 0.6 is 0 Å². The zero-order valence-electron chi connectivity index (χ0n) is 10.0. The lowest BCUT2D eigenvalue weighted by molar-refractivity contribution is 0.369. The van der Waals surface area contributed by atoms with Crippen LogP contribution in [0.25, 0.3) is 0 Å². The van der Waals surface area contributed by atoms with Crippen LogP contribution in [-0.4, -0.2) is 12.6 Å². The van der Waals surface area contributed by atoms with Crippen LogP contribution in [-0.2, 0) is 5.41 Å². The molecule has 0 unspecified atom stereocenters. The fourth-order valence-corrected chi connectivity index (χ4v) is 2.16. The van der Waals surface area contributed by atoms with Gasteiger partial charge in [-0.15, -0.1) is 0 Å². The Bertz CT molecular complexity index is 410.